The molecule has 1 rings (SSSR count). The number of aromatic nitrogens is 2. The van der Waals surface area contributed by atoms with E-state index in [2.05, 4.69) is 29.7 Å². The van der Waals surface area contributed by atoms with Crippen LogP contribution in [-0.4, -0.2) is 4.98 Å². The molecule has 0 aliphatic carbocycles. The molecule has 0 saturated carbocycles. The minimum atomic E-state index is 1.19. The number of aryl methyl sites for hydroxylation is 2. The molecule has 0 bridgehead atoms. The van der Waals surface area contributed by atoms with E-state index in [1.165, 1.54) is 76.5 Å². The van der Waals surface area contributed by atoms with Crippen molar-refractivity contribution < 1.29 is 4.57 Å². The summed E-state index contributed by atoms with van der Waals surface area (Å²) in [6, 6.07) is 0. The van der Waals surface area contributed by atoms with E-state index in [9.17, 15) is 0 Å². The van der Waals surface area contributed by atoms with Crippen LogP contribution in [0, 0.1) is 0 Å². The fourth-order valence-electron chi connectivity index (χ4n) is 2.47. The quantitative estimate of drug-likeness (QED) is 0.447. The first kappa shape index (κ1) is 15.3. The number of nitrogens with one attached hydrogen (secondary N) is 1. The normalized spacial score (nSPS) is 11.0. The number of aromatic amines is 1. The van der Waals surface area contributed by atoms with Crippen LogP contribution in [0.5, 0.6) is 0 Å². The Morgan fingerprint density at radius 3 is 1.94 bits per heavy atom. The molecule has 0 radical (unpaired) electrons. The van der Waals surface area contributed by atoms with Gasteiger partial charge in [-0.2, -0.15) is 0 Å². The van der Waals surface area contributed by atoms with Crippen molar-refractivity contribution in [2.24, 2.45) is 7.05 Å². The Bertz CT molecular complexity index is 291. The van der Waals surface area contributed by atoms with Crippen LogP contribution < -0.4 is 4.57 Å². The maximum Gasteiger partial charge on any atom is 0.253 e. The summed E-state index contributed by atoms with van der Waals surface area (Å²) < 4.78 is 2.19. The minimum Gasteiger partial charge on any atom is -0.248 e. The van der Waals surface area contributed by atoms with Gasteiger partial charge in [-0.1, -0.05) is 64.7 Å². The van der Waals surface area contributed by atoms with E-state index in [0.29, 0.717) is 0 Å². The summed E-state index contributed by atoms with van der Waals surface area (Å²) in [4.78, 5) is 3.30. The van der Waals surface area contributed by atoms with E-state index in [-0.39, 0.29) is 0 Å². The van der Waals surface area contributed by atoms with Crippen LogP contribution in [0.3, 0.4) is 0 Å². The highest BCUT2D eigenvalue weighted by Crippen LogP contribution is 2.11. The molecule has 1 N–H and O–H groups in total. The second-order valence-electron chi connectivity index (χ2n) is 5.45. The third-order valence-corrected chi connectivity index (χ3v) is 3.74. The van der Waals surface area contributed by atoms with Crippen molar-refractivity contribution in [2.45, 2.75) is 77.6 Å². The Labute approximate surface area is 113 Å². The smallest absolute Gasteiger partial charge is 0.248 e. The van der Waals surface area contributed by atoms with Crippen LogP contribution in [0.4, 0.5) is 0 Å². The van der Waals surface area contributed by atoms with Crippen LogP contribution in [0.1, 0.15) is 77.0 Å². The molecule has 0 amide bonds. The van der Waals surface area contributed by atoms with Crippen LogP contribution in [-0.2, 0) is 13.5 Å². The van der Waals surface area contributed by atoms with Gasteiger partial charge in [-0.15, -0.1) is 0 Å². The van der Waals surface area contributed by atoms with Gasteiger partial charge in [-0.3, -0.25) is 0 Å². The Morgan fingerprint density at radius 1 is 0.889 bits per heavy atom. The number of unbranched alkanes of at least 4 members (excludes halogenated alkanes) is 9. The molecule has 2 heteroatoms. The molecule has 1 aromatic rings. The van der Waals surface area contributed by atoms with Gasteiger partial charge in [-0.25, -0.2) is 9.55 Å². The molecule has 1 heterocycles. The summed E-state index contributed by atoms with van der Waals surface area (Å²) in [6.07, 6.45) is 19.4. The Hall–Kier alpha value is -0.790. The van der Waals surface area contributed by atoms with Crippen LogP contribution in [0.15, 0.2) is 12.4 Å². The van der Waals surface area contributed by atoms with E-state index in [4.69, 9.17) is 0 Å². The zero-order valence-corrected chi connectivity index (χ0v) is 12.4. The Morgan fingerprint density at radius 2 is 1.44 bits per heavy atom. The van der Waals surface area contributed by atoms with Crippen LogP contribution in [0.2, 0.25) is 0 Å². The van der Waals surface area contributed by atoms with Gasteiger partial charge >= 0.3 is 0 Å². The van der Waals surface area contributed by atoms with Gasteiger partial charge < -0.3 is 0 Å². The van der Waals surface area contributed by atoms with Crippen molar-refractivity contribution >= 4 is 0 Å². The molecular formula is C16H31N2+. The van der Waals surface area contributed by atoms with E-state index in [1.807, 2.05) is 6.20 Å². The highest BCUT2D eigenvalue weighted by Gasteiger charge is 2.04. The van der Waals surface area contributed by atoms with Crippen molar-refractivity contribution in [1.29, 1.82) is 0 Å². The summed E-state index contributed by atoms with van der Waals surface area (Å²) in [6.45, 7) is 2.28. The lowest BCUT2D eigenvalue weighted by Crippen LogP contribution is -2.30. The standard InChI is InChI=1S/C16H30N2/c1-3-4-5-6-7-8-9-10-11-12-13-16-17-14-15-18(16)2/h14-15H,3-13H2,1-2H3/p+1. The van der Waals surface area contributed by atoms with Crippen molar-refractivity contribution in [2.75, 3.05) is 0 Å². The molecule has 0 spiro atoms. The van der Waals surface area contributed by atoms with E-state index < -0.39 is 0 Å². The van der Waals surface area contributed by atoms with E-state index in [1.54, 1.807) is 0 Å². The lowest BCUT2D eigenvalue weighted by Gasteiger charge is -2.01. The molecule has 104 valence electrons. The van der Waals surface area contributed by atoms with Crippen LogP contribution >= 0.6 is 0 Å². The monoisotopic (exact) mass is 251 g/mol. The number of H-pyrrole nitrogens is 1. The van der Waals surface area contributed by atoms with Gasteiger partial charge in [0, 0.05) is 6.42 Å². The lowest BCUT2D eigenvalue weighted by atomic mass is 10.1. The topological polar surface area (TPSA) is 19.7 Å². The van der Waals surface area contributed by atoms with Gasteiger partial charge in [0.2, 0.25) is 0 Å². The summed E-state index contributed by atoms with van der Waals surface area (Å²) >= 11 is 0. The van der Waals surface area contributed by atoms with Crippen LogP contribution in [0.25, 0.3) is 0 Å². The highest BCUT2D eigenvalue weighted by atomic mass is 15.0. The van der Waals surface area contributed by atoms with Crippen molar-refractivity contribution in [3.05, 3.63) is 18.2 Å². The molecule has 0 aliphatic rings. The fourth-order valence-corrected chi connectivity index (χ4v) is 2.47. The SMILES string of the molecule is CCCCCCCCCCCCc1[nH]cc[n+]1C. The predicted octanol–water partition coefficient (Wildman–Crippen LogP) is 4.30. The molecule has 2 nitrogen and oxygen atoms in total. The average molecular weight is 251 g/mol. The zero-order chi connectivity index (χ0) is 13.1. The van der Waals surface area contributed by atoms with Gasteiger partial charge in [0.05, 0.1) is 7.05 Å². The van der Waals surface area contributed by atoms with Crippen molar-refractivity contribution in [1.82, 2.24) is 4.98 Å². The van der Waals surface area contributed by atoms with Gasteiger partial charge in [-0.05, 0) is 6.42 Å². The van der Waals surface area contributed by atoms with Gasteiger partial charge in [0.25, 0.3) is 5.82 Å². The molecule has 1 aromatic heterocycles. The first-order valence-corrected chi connectivity index (χ1v) is 7.86. The van der Waals surface area contributed by atoms with E-state index in [0.717, 1.165) is 0 Å². The molecule has 0 aromatic carbocycles. The third kappa shape index (κ3) is 6.83. The summed E-state index contributed by atoms with van der Waals surface area (Å²) in [7, 11) is 2.11. The van der Waals surface area contributed by atoms with E-state index >= 15 is 0 Å². The Kier molecular flexibility index (Phi) is 8.62. The van der Waals surface area contributed by atoms with Crippen molar-refractivity contribution in [3.63, 3.8) is 0 Å². The first-order valence-electron chi connectivity index (χ1n) is 7.86. The molecule has 0 unspecified atom stereocenters. The van der Waals surface area contributed by atoms with Crippen molar-refractivity contribution in [3.8, 4) is 0 Å². The number of nitrogens with zero attached hydrogens (tertiary/aromatic N) is 1. The fraction of sp³-hybridized carbons (Fsp3) is 0.812. The minimum absolute atomic E-state index is 1.19. The number of imidazole rings is 1. The number of hydrogen-bond donors (Lipinski definition) is 1. The molecule has 0 aliphatic heterocycles. The van der Waals surface area contributed by atoms with Gasteiger partial charge in [0.15, 0.2) is 0 Å². The maximum atomic E-state index is 3.30. The average Bonchev–Trinajstić information content (AvgIpc) is 2.77. The highest BCUT2D eigenvalue weighted by molar-refractivity contribution is 4.76. The molecule has 0 atom stereocenters. The maximum absolute atomic E-state index is 3.30. The van der Waals surface area contributed by atoms with Gasteiger partial charge in [0.1, 0.15) is 12.4 Å². The largest absolute Gasteiger partial charge is 0.253 e. The zero-order valence-electron chi connectivity index (χ0n) is 12.4. The first-order chi connectivity index (χ1) is 8.84. The predicted molar refractivity (Wildman–Crippen MR) is 77.5 cm³/mol. The summed E-state index contributed by atoms with van der Waals surface area (Å²) in [5, 5.41) is 0. The number of rotatable bonds is 11. The second kappa shape index (κ2) is 10.2. The number of hydrogen-bond acceptors (Lipinski definition) is 0. The summed E-state index contributed by atoms with van der Waals surface area (Å²) in [5.74, 6) is 1.36. The molecule has 0 fully saturated rings. The molecular weight excluding hydrogens is 220 g/mol. The third-order valence-electron chi connectivity index (χ3n) is 3.74. The Balaban J connectivity index is 1.83. The second-order valence-corrected chi connectivity index (χ2v) is 5.45. The molecule has 18 heavy (non-hydrogen) atoms. The summed E-state index contributed by atoms with van der Waals surface area (Å²) in [5.41, 5.74) is 0. The molecule has 0 saturated heterocycles. The lowest BCUT2D eigenvalue weighted by molar-refractivity contribution is -0.677.